The number of benzene rings is 1. The van der Waals surface area contributed by atoms with Crippen molar-refractivity contribution >= 4 is 38.9 Å². The van der Waals surface area contributed by atoms with Gasteiger partial charge in [0.1, 0.15) is 0 Å². The minimum absolute atomic E-state index is 0.142. The summed E-state index contributed by atoms with van der Waals surface area (Å²) < 4.78 is 1.08. The second kappa shape index (κ2) is 6.40. The van der Waals surface area contributed by atoms with Crippen LogP contribution in [-0.4, -0.2) is 0 Å². The van der Waals surface area contributed by atoms with E-state index < -0.39 is 0 Å². The molecule has 1 heterocycles. The zero-order chi connectivity index (χ0) is 14.0. The Kier molecular flexibility index (Phi) is 5.07. The van der Waals surface area contributed by atoms with Gasteiger partial charge >= 0.3 is 0 Å². The van der Waals surface area contributed by atoms with Crippen molar-refractivity contribution in [1.82, 2.24) is 0 Å². The van der Waals surface area contributed by atoms with Crippen LogP contribution in [0.15, 0.2) is 28.7 Å². The lowest BCUT2D eigenvalue weighted by Gasteiger charge is -2.07. The highest BCUT2D eigenvalue weighted by atomic mass is 79.9. The summed E-state index contributed by atoms with van der Waals surface area (Å²) >= 11 is 11.6. The van der Waals surface area contributed by atoms with Gasteiger partial charge in [-0.05, 0) is 43.2 Å². The van der Waals surface area contributed by atoms with Crippen LogP contribution in [-0.2, 0) is 0 Å². The Balaban J connectivity index is 2.35. The van der Waals surface area contributed by atoms with Crippen molar-refractivity contribution in [3.8, 4) is 10.4 Å². The highest BCUT2D eigenvalue weighted by Gasteiger charge is 2.12. The molecule has 19 heavy (non-hydrogen) atoms. The van der Waals surface area contributed by atoms with Gasteiger partial charge in [-0.3, -0.25) is 0 Å². The van der Waals surface area contributed by atoms with E-state index in [2.05, 4.69) is 41.1 Å². The number of halogens is 2. The van der Waals surface area contributed by atoms with Crippen LogP contribution >= 0.6 is 38.9 Å². The van der Waals surface area contributed by atoms with E-state index in [1.807, 2.05) is 13.0 Å². The van der Waals surface area contributed by atoms with E-state index in [1.54, 1.807) is 11.3 Å². The topological polar surface area (TPSA) is 26.0 Å². The Labute approximate surface area is 131 Å². The third kappa shape index (κ3) is 3.40. The molecule has 2 aromatic rings. The first kappa shape index (κ1) is 15.0. The Hall–Kier alpha value is -0.350. The Morgan fingerprint density at radius 1 is 1.37 bits per heavy atom. The number of nitrogens with two attached hydrogens (primary N) is 1. The van der Waals surface area contributed by atoms with Crippen LogP contribution in [0.1, 0.15) is 36.2 Å². The van der Waals surface area contributed by atoms with Crippen molar-refractivity contribution in [3.05, 3.63) is 44.2 Å². The van der Waals surface area contributed by atoms with Crippen LogP contribution in [0.2, 0.25) is 5.02 Å². The maximum atomic E-state index is 6.21. The summed E-state index contributed by atoms with van der Waals surface area (Å²) in [5.74, 6) is 0. The van der Waals surface area contributed by atoms with E-state index >= 15 is 0 Å². The first-order chi connectivity index (χ1) is 9.02. The van der Waals surface area contributed by atoms with Gasteiger partial charge in [0.2, 0.25) is 0 Å². The molecule has 0 aliphatic heterocycles. The first-order valence-corrected chi connectivity index (χ1v) is 8.33. The van der Waals surface area contributed by atoms with Gasteiger partial charge in [0.05, 0.1) is 0 Å². The molecule has 2 N–H and O–H groups in total. The molecular formula is C15H17BrClNS. The average Bonchev–Trinajstić information content (AvgIpc) is 2.83. The molecule has 0 saturated carbocycles. The van der Waals surface area contributed by atoms with Crippen molar-refractivity contribution in [2.45, 2.75) is 32.7 Å². The third-order valence-corrected chi connectivity index (χ3v) is 5.42. The molecule has 0 spiro atoms. The standard InChI is InChI=1S/C15H17BrClNS/c1-3-4-13(18)15-6-5-14(19-15)10-8-12(17)9(2)7-11(10)16/h5-8,13H,3-4,18H2,1-2H3. The fourth-order valence-corrected chi connectivity index (χ4v) is 4.03. The van der Waals surface area contributed by atoms with Crippen LogP contribution in [0.5, 0.6) is 0 Å². The smallest absolute Gasteiger partial charge is 0.0442 e. The van der Waals surface area contributed by atoms with Crippen molar-refractivity contribution < 1.29 is 0 Å². The van der Waals surface area contributed by atoms with E-state index in [-0.39, 0.29) is 6.04 Å². The van der Waals surface area contributed by atoms with Gasteiger partial charge in [-0.1, -0.05) is 40.9 Å². The van der Waals surface area contributed by atoms with Gasteiger partial charge in [-0.2, -0.15) is 0 Å². The lowest BCUT2D eigenvalue weighted by molar-refractivity contribution is 0.648. The minimum Gasteiger partial charge on any atom is -0.323 e. The van der Waals surface area contributed by atoms with Crippen molar-refractivity contribution in [2.24, 2.45) is 5.73 Å². The fraction of sp³-hybridized carbons (Fsp3) is 0.333. The van der Waals surface area contributed by atoms with Crippen LogP contribution in [0.3, 0.4) is 0 Å². The fourth-order valence-electron chi connectivity index (χ4n) is 1.99. The summed E-state index contributed by atoms with van der Waals surface area (Å²) in [6.07, 6.45) is 2.13. The highest BCUT2D eigenvalue weighted by molar-refractivity contribution is 9.10. The predicted molar refractivity (Wildman–Crippen MR) is 89.0 cm³/mol. The van der Waals surface area contributed by atoms with Crippen molar-refractivity contribution in [3.63, 3.8) is 0 Å². The van der Waals surface area contributed by atoms with Crippen LogP contribution in [0.4, 0.5) is 0 Å². The molecular weight excluding hydrogens is 342 g/mol. The SMILES string of the molecule is CCCC(N)c1ccc(-c2cc(Cl)c(C)cc2Br)s1. The van der Waals surface area contributed by atoms with E-state index in [4.69, 9.17) is 17.3 Å². The largest absolute Gasteiger partial charge is 0.323 e. The van der Waals surface area contributed by atoms with E-state index in [1.165, 1.54) is 9.75 Å². The van der Waals surface area contributed by atoms with E-state index in [9.17, 15) is 0 Å². The van der Waals surface area contributed by atoms with Crippen molar-refractivity contribution in [2.75, 3.05) is 0 Å². The molecule has 0 bridgehead atoms. The lowest BCUT2D eigenvalue weighted by atomic mass is 10.1. The van der Waals surface area contributed by atoms with Gasteiger partial charge in [-0.25, -0.2) is 0 Å². The molecule has 2 rings (SSSR count). The van der Waals surface area contributed by atoms with Crippen molar-refractivity contribution in [1.29, 1.82) is 0 Å². The second-order valence-corrected chi connectivity index (χ2v) is 7.06. The summed E-state index contributed by atoms with van der Waals surface area (Å²) in [6.45, 7) is 4.17. The number of hydrogen-bond donors (Lipinski definition) is 1. The second-order valence-electron chi connectivity index (χ2n) is 4.68. The number of rotatable bonds is 4. The quantitative estimate of drug-likeness (QED) is 0.719. The molecule has 4 heteroatoms. The summed E-state index contributed by atoms with van der Waals surface area (Å²) in [5, 5.41) is 0.797. The summed E-state index contributed by atoms with van der Waals surface area (Å²) in [4.78, 5) is 2.44. The van der Waals surface area contributed by atoms with E-state index in [0.29, 0.717) is 0 Å². The summed E-state index contributed by atoms with van der Waals surface area (Å²) in [6, 6.07) is 8.47. The molecule has 0 fully saturated rings. The third-order valence-electron chi connectivity index (χ3n) is 3.11. The van der Waals surface area contributed by atoms with Crippen LogP contribution in [0, 0.1) is 6.92 Å². The van der Waals surface area contributed by atoms with Gasteiger partial charge in [-0.15, -0.1) is 11.3 Å². The van der Waals surface area contributed by atoms with Gasteiger partial charge in [0, 0.05) is 30.9 Å². The Morgan fingerprint density at radius 3 is 2.79 bits per heavy atom. The number of thiophene rings is 1. The molecule has 102 valence electrons. The molecule has 0 aliphatic carbocycles. The zero-order valence-electron chi connectivity index (χ0n) is 11.0. The molecule has 1 aromatic carbocycles. The molecule has 1 unspecified atom stereocenters. The highest BCUT2D eigenvalue weighted by Crippen LogP contribution is 2.38. The predicted octanol–water partition coefficient (Wildman–Crippen LogP) is 5.94. The molecule has 1 aromatic heterocycles. The molecule has 0 aliphatic rings. The maximum absolute atomic E-state index is 6.21. The number of aryl methyl sites for hydroxylation is 1. The van der Waals surface area contributed by atoms with Crippen LogP contribution < -0.4 is 5.73 Å². The maximum Gasteiger partial charge on any atom is 0.0442 e. The normalized spacial score (nSPS) is 12.7. The molecule has 0 radical (unpaired) electrons. The molecule has 1 atom stereocenters. The van der Waals surface area contributed by atoms with Gasteiger partial charge < -0.3 is 5.73 Å². The molecule has 0 amide bonds. The summed E-state index contributed by atoms with van der Waals surface area (Å²) in [5.41, 5.74) is 8.38. The molecule has 0 saturated heterocycles. The van der Waals surface area contributed by atoms with Gasteiger partial charge in [0.25, 0.3) is 0 Å². The monoisotopic (exact) mass is 357 g/mol. The first-order valence-electron chi connectivity index (χ1n) is 6.34. The van der Waals surface area contributed by atoms with Gasteiger partial charge in [0.15, 0.2) is 0 Å². The zero-order valence-corrected chi connectivity index (χ0v) is 14.2. The Bertz CT molecular complexity index is 580. The lowest BCUT2D eigenvalue weighted by Crippen LogP contribution is -2.07. The summed E-state index contributed by atoms with van der Waals surface area (Å²) in [7, 11) is 0. The number of hydrogen-bond acceptors (Lipinski definition) is 2. The Morgan fingerprint density at radius 2 is 2.11 bits per heavy atom. The average molecular weight is 359 g/mol. The van der Waals surface area contributed by atoms with Crippen LogP contribution in [0.25, 0.3) is 10.4 Å². The minimum atomic E-state index is 0.142. The molecule has 1 nitrogen and oxygen atoms in total. The van der Waals surface area contributed by atoms with E-state index in [0.717, 1.165) is 33.5 Å².